The molecule has 0 aliphatic carbocycles. The van der Waals surface area contributed by atoms with Crippen LogP contribution < -0.4 is 11.1 Å². The minimum absolute atomic E-state index is 0.104. The molecule has 0 heterocycles. The number of hydrogen-bond donors (Lipinski definition) is 2. The van der Waals surface area contributed by atoms with Gasteiger partial charge in [-0.15, -0.1) is 6.42 Å². The molecule has 1 aromatic carbocycles. The van der Waals surface area contributed by atoms with Crippen LogP contribution in [0.15, 0.2) is 29.3 Å². The molecule has 3 heteroatoms. The number of aryl methyl sites for hydroxylation is 1. The minimum Gasteiger partial charge on any atom is -0.370 e. The van der Waals surface area contributed by atoms with Crippen LogP contribution >= 0.6 is 0 Å². The van der Waals surface area contributed by atoms with Gasteiger partial charge in [-0.1, -0.05) is 45.7 Å². The third-order valence-electron chi connectivity index (χ3n) is 2.88. The number of benzene rings is 1. The zero-order valence-corrected chi connectivity index (χ0v) is 12.2. The first-order valence-corrected chi connectivity index (χ1v) is 6.52. The van der Waals surface area contributed by atoms with Crippen molar-refractivity contribution in [3.63, 3.8) is 0 Å². The summed E-state index contributed by atoms with van der Waals surface area (Å²) in [6.45, 7) is 8.26. The number of aliphatic imine (C=N–C) groups is 1. The van der Waals surface area contributed by atoms with Gasteiger partial charge in [0.2, 0.25) is 0 Å². The Bertz CT molecular complexity index is 472. The molecular weight excluding hydrogens is 234 g/mol. The first kappa shape index (κ1) is 15.1. The zero-order valence-electron chi connectivity index (χ0n) is 12.2. The summed E-state index contributed by atoms with van der Waals surface area (Å²) in [5, 5.41) is 3.06. The Morgan fingerprint density at radius 1 is 1.37 bits per heavy atom. The number of nitrogens with two attached hydrogens (primary N) is 1. The molecule has 0 fully saturated rings. The van der Waals surface area contributed by atoms with Crippen molar-refractivity contribution in [3.05, 3.63) is 29.8 Å². The lowest BCUT2D eigenvalue weighted by atomic mass is 9.88. The topological polar surface area (TPSA) is 50.4 Å². The van der Waals surface area contributed by atoms with Gasteiger partial charge in [-0.3, -0.25) is 0 Å². The average molecular weight is 257 g/mol. The maximum atomic E-state index is 5.89. The number of anilines is 1. The van der Waals surface area contributed by atoms with Crippen molar-refractivity contribution >= 4 is 11.6 Å². The Morgan fingerprint density at radius 2 is 1.95 bits per heavy atom. The molecule has 0 aliphatic heterocycles. The second-order valence-electron chi connectivity index (χ2n) is 5.63. The van der Waals surface area contributed by atoms with E-state index in [0.717, 1.165) is 12.1 Å². The van der Waals surface area contributed by atoms with Crippen molar-refractivity contribution in [2.24, 2.45) is 16.1 Å². The lowest BCUT2D eigenvalue weighted by Crippen LogP contribution is -2.30. The Kier molecular flexibility index (Phi) is 5.00. The van der Waals surface area contributed by atoms with Crippen molar-refractivity contribution in [1.82, 2.24) is 0 Å². The molecular formula is C16H23N3. The molecule has 1 rings (SSSR count). The number of hydrogen-bond acceptors (Lipinski definition) is 1. The van der Waals surface area contributed by atoms with Gasteiger partial charge in [0.05, 0.1) is 0 Å². The van der Waals surface area contributed by atoms with Crippen LogP contribution in [0.4, 0.5) is 5.69 Å². The molecule has 3 nitrogen and oxygen atoms in total. The number of terminal acetylenes is 1. The van der Waals surface area contributed by atoms with Gasteiger partial charge in [0.1, 0.15) is 6.04 Å². The normalized spacial score (nSPS) is 13.7. The van der Waals surface area contributed by atoms with Gasteiger partial charge in [0.25, 0.3) is 0 Å². The third kappa shape index (κ3) is 4.67. The fourth-order valence-corrected chi connectivity index (χ4v) is 1.62. The zero-order chi connectivity index (χ0) is 14.5. The molecule has 3 N–H and O–H groups in total. The Labute approximate surface area is 116 Å². The van der Waals surface area contributed by atoms with Gasteiger partial charge in [-0.25, -0.2) is 4.99 Å². The summed E-state index contributed by atoms with van der Waals surface area (Å²) in [6, 6.07) is 7.87. The number of nitrogens with one attached hydrogen (secondary N) is 1. The summed E-state index contributed by atoms with van der Waals surface area (Å²) >= 11 is 0. The Hall–Kier alpha value is -1.95. The van der Waals surface area contributed by atoms with Crippen LogP contribution in [0.3, 0.4) is 0 Å². The van der Waals surface area contributed by atoms with Crippen molar-refractivity contribution in [3.8, 4) is 12.3 Å². The van der Waals surface area contributed by atoms with E-state index in [1.54, 1.807) is 0 Å². The van der Waals surface area contributed by atoms with Crippen molar-refractivity contribution in [2.75, 3.05) is 5.32 Å². The SMILES string of the molecule is C#CC(N=C(N)Nc1ccc(CC)cc1)C(C)(C)C. The van der Waals surface area contributed by atoms with Gasteiger partial charge in [-0.05, 0) is 29.5 Å². The highest BCUT2D eigenvalue weighted by molar-refractivity contribution is 5.92. The van der Waals surface area contributed by atoms with E-state index in [2.05, 4.69) is 35.3 Å². The van der Waals surface area contributed by atoms with Crippen LogP contribution in [0.2, 0.25) is 0 Å². The first-order valence-electron chi connectivity index (χ1n) is 6.52. The minimum atomic E-state index is -0.241. The van der Waals surface area contributed by atoms with E-state index in [0.29, 0.717) is 5.96 Å². The lowest BCUT2D eigenvalue weighted by molar-refractivity contribution is 0.376. The molecule has 0 saturated heterocycles. The monoisotopic (exact) mass is 257 g/mol. The van der Waals surface area contributed by atoms with Crippen LogP contribution in [0.5, 0.6) is 0 Å². The van der Waals surface area contributed by atoms with Gasteiger partial charge < -0.3 is 11.1 Å². The van der Waals surface area contributed by atoms with Gasteiger partial charge in [-0.2, -0.15) is 0 Å². The summed E-state index contributed by atoms with van der Waals surface area (Å²) in [5.74, 6) is 3.02. The van der Waals surface area contributed by atoms with Crippen LogP contribution in [0.1, 0.15) is 33.3 Å². The first-order chi connectivity index (χ1) is 8.86. The molecule has 1 unspecified atom stereocenters. The van der Waals surface area contributed by atoms with Gasteiger partial charge in [0, 0.05) is 5.69 Å². The molecule has 0 saturated carbocycles. The summed E-state index contributed by atoms with van der Waals surface area (Å²) in [4.78, 5) is 4.35. The predicted molar refractivity (Wildman–Crippen MR) is 83.1 cm³/mol. The number of rotatable bonds is 3. The Morgan fingerprint density at radius 3 is 2.37 bits per heavy atom. The van der Waals surface area contributed by atoms with E-state index < -0.39 is 0 Å². The molecule has 102 valence electrons. The second-order valence-corrected chi connectivity index (χ2v) is 5.63. The lowest BCUT2D eigenvalue weighted by Gasteiger charge is -2.23. The number of nitrogens with zero attached hydrogens (tertiary/aromatic N) is 1. The number of guanidine groups is 1. The van der Waals surface area contributed by atoms with Crippen molar-refractivity contribution in [2.45, 2.75) is 40.2 Å². The second kappa shape index (κ2) is 6.29. The fraction of sp³-hybridized carbons (Fsp3) is 0.438. The standard InChI is InChI=1S/C16H23N3/c1-6-12-8-10-13(11-9-12)18-15(17)19-14(7-2)16(3,4)5/h2,8-11,14H,6H2,1,3-5H3,(H3,17,18,19). The van der Waals surface area contributed by atoms with E-state index >= 15 is 0 Å². The molecule has 0 aromatic heterocycles. The largest absolute Gasteiger partial charge is 0.370 e. The molecule has 0 aliphatic rings. The maximum absolute atomic E-state index is 5.89. The maximum Gasteiger partial charge on any atom is 0.194 e. The molecule has 0 bridgehead atoms. The van der Waals surface area contributed by atoms with E-state index in [1.807, 2.05) is 32.9 Å². The van der Waals surface area contributed by atoms with Crippen molar-refractivity contribution < 1.29 is 0 Å². The summed E-state index contributed by atoms with van der Waals surface area (Å²) in [6.07, 6.45) is 6.52. The highest BCUT2D eigenvalue weighted by atomic mass is 15.1. The Balaban J connectivity index is 2.78. The van der Waals surface area contributed by atoms with Gasteiger partial charge >= 0.3 is 0 Å². The molecule has 0 amide bonds. The van der Waals surface area contributed by atoms with Crippen molar-refractivity contribution in [1.29, 1.82) is 0 Å². The summed E-state index contributed by atoms with van der Waals surface area (Å²) in [7, 11) is 0. The van der Waals surface area contributed by atoms with Crippen LogP contribution in [0.25, 0.3) is 0 Å². The fourth-order valence-electron chi connectivity index (χ4n) is 1.62. The smallest absolute Gasteiger partial charge is 0.194 e. The molecule has 0 radical (unpaired) electrons. The van der Waals surface area contributed by atoms with E-state index in [4.69, 9.17) is 12.2 Å². The molecule has 19 heavy (non-hydrogen) atoms. The molecule has 1 atom stereocenters. The highest BCUT2D eigenvalue weighted by Crippen LogP contribution is 2.21. The summed E-state index contributed by atoms with van der Waals surface area (Å²) < 4.78 is 0. The highest BCUT2D eigenvalue weighted by Gasteiger charge is 2.22. The summed E-state index contributed by atoms with van der Waals surface area (Å²) in [5.41, 5.74) is 8.00. The third-order valence-corrected chi connectivity index (χ3v) is 2.88. The molecule has 0 spiro atoms. The quantitative estimate of drug-likeness (QED) is 0.497. The van der Waals surface area contributed by atoms with E-state index in [1.165, 1.54) is 5.56 Å². The van der Waals surface area contributed by atoms with Crippen LogP contribution in [-0.2, 0) is 6.42 Å². The van der Waals surface area contributed by atoms with E-state index in [9.17, 15) is 0 Å². The predicted octanol–water partition coefficient (Wildman–Crippen LogP) is 3.02. The van der Waals surface area contributed by atoms with E-state index in [-0.39, 0.29) is 11.5 Å². The average Bonchev–Trinajstić information content (AvgIpc) is 2.35. The van der Waals surface area contributed by atoms with Crippen LogP contribution in [0, 0.1) is 17.8 Å². The van der Waals surface area contributed by atoms with Gasteiger partial charge in [0.15, 0.2) is 5.96 Å². The van der Waals surface area contributed by atoms with Crippen LogP contribution in [-0.4, -0.2) is 12.0 Å². The molecule has 1 aromatic rings.